The molecule has 0 bridgehead atoms. The van der Waals surface area contributed by atoms with E-state index in [1.807, 2.05) is 13.8 Å². The molecule has 1 fully saturated rings. The predicted molar refractivity (Wildman–Crippen MR) is 75.5 cm³/mol. The monoisotopic (exact) mass is 297 g/mol. The van der Waals surface area contributed by atoms with Gasteiger partial charge in [0.25, 0.3) is 5.91 Å². The number of hydrogen-bond acceptors (Lipinski definition) is 4. The summed E-state index contributed by atoms with van der Waals surface area (Å²) in [6, 6.07) is 6.33. The van der Waals surface area contributed by atoms with E-state index in [1.54, 1.807) is 23.1 Å². The van der Waals surface area contributed by atoms with E-state index in [2.05, 4.69) is 0 Å². The molecule has 0 saturated carbocycles. The summed E-state index contributed by atoms with van der Waals surface area (Å²) in [7, 11) is -3.42. The SMILES string of the molecule is CC1CN(C(=O)c2ccccc2S(C)(=O)=O)CC(C)O1. The van der Waals surface area contributed by atoms with Crippen LogP contribution in [0.5, 0.6) is 0 Å². The number of hydrogen-bond donors (Lipinski definition) is 0. The second kappa shape index (κ2) is 5.54. The summed E-state index contributed by atoms with van der Waals surface area (Å²) in [5, 5.41) is 0. The number of amides is 1. The molecule has 0 aliphatic carbocycles. The molecule has 1 aromatic rings. The van der Waals surface area contributed by atoms with Crippen LogP contribution < -0.4 is 0 Å². The van der Waals surface area contributed by atoms with Gasteiger partial charge in [-0.25, -0.2) is 8.42 Å². The van der Waals surface area contributed by atoms with Crippen molar-refractivity contribution in [2.75, 3.05) is 19.3 Å². The van der Waals surface area contributed by atoms with E-state index in [0.717, 1.165) is 6.26 Å². The molecule has 110 valence electrons. The summed E-state index contributed by atoms with van der Waals surface area (Å²) >= 11 is 0. The van der Waals surface area contributed by atoms with Gasteiger partial charge in [0.05, 0.1) is 22.7 Å². The fraction of sp³-hybridized carbons (Fsp3) is 0.500. The topological polar surface area (TPSA) is 63.7 Å². The van der Waals surface area contributed by atoms with Crippen molar-refractivity contribution in [3.05, 3.63) is 29.8 Å². The highest BCUT2D eigenvalue weighted by atomic mass is 32.2. The highest BCUT2D eigenvalue weighted by molar-refractivity contribution is 7.90. The summed E-state index contributed by atoms with van der Waals surface area (Å²) in [4.78, 5) is 14.3. The van der Waals surface area contributed by atoms with Crippen molar-refractivity contribution in [2.45, 2.75) is 31.0 Å². The molecule has 0 aromatic heterocycles. The van der Waals surface area contributed by atoms with Gasteiger partial charge in [-0.3, -0.25) is 4.79 Å². The van der Waals surface area contributed by atoms with Gasteiger partial charge >= 0.3 is 0 Å². The molecule has 2 rings (SSSR count). The number of nitrogens with zero attached hydrogens (tertiary/aromatic N) is 1. The molecule has 1 aliphatic rings. The molecule has 6 heteroatoms. The minimum Gasteiger partial charge on any atom is -0.372 e. The minimum absolute atomic E-state index is 0.0481. The molecule has 0 spiro atoms. The maximum absolute atomic E-state index is 12.6. The Morgan fingerprint density at radius 3 is 2.30 bits per heavy atom. The van der Waals surface area contributed by atoms with Gasteiger partial charge in [-0.15, -0.1) is 0 Å². The second-order valence-electron chi connectivity index (χ2n) is 5.24. The number of carbonyl (C=O) groups excluding carboxylic acids is 1. The van der Waals surface area contributed by atoms with E-state index >= 15 is 0 Å². The lowest BCUT2D eigenvalue weighted by molar-refractivity contribution is -0.0586. The lowest BCUT2D eigenvalue weighted by Gasteiger charge is -2.35. The highest BCUT2D eigenvalue weighted by Crippen LogP contribution is 2.20. The molecule has 1 aliphatic heterocycles. The van der Waals surface area contributed by atoms with Crippen molar-refractivity contribution in [1.29, 1.82) is 0 Å². The minimum atomic E-state index is -3.42. The molecule has 0 N–H and O–H groups in total. The number of benzene rings is 1. The van der Waals surface area contributed by atoms with Gasteiger partial charge in [-0.05, 0) is 26.0 Å². The van der Waals surface area contributed by atoms with E-state index in [1.165, 1.54) is 6.07 Å². The fourth-order valence-electron chi connectivity index (χ4n) is 2.48. The van der Waals surface area contributed by atoms with Gasteiger partial charge in [0.1, 0.15) is 0 Å². The number of morpholine rings is 1. The van der Waals surface area contributed by atoms with Crippen LogP contribution in [0.4, 0.5) is 0 Å². The number of sulfone groups is 1. The predicted octanol–water partition coefficient (Wildman–Crippen LogP) is 1.34. The van der Waals surface area contributed by atoms with E-state index in [-0.39, 0.29) is 28.6 Å². The first-order chi connectivity index (χ1) is 9.29. The lowest BCUT2D eigenvalue weighted by atomic mass is 10.1. The molecule has 20 heavy (non-hydrogen) atoms. The smallest absolute Gasteiger partial charge is 0.255 e. The van der Waals surface area contributed by atoms with E-state index in [4.69, 9.17) is 4.74 Å². The summed E-state index contributed by atoms with van der Waals surface area (Å²) in [6.07, 6.45) is 1.02. The van der Waals surface area contributed by atoms with Gasteiger partial charge in [0.2, 0.25) is 0 Å². The molecule has 1 heterocycles. The first kappa shape index (κ1) is 15.0. The van der Waals surface area contributed by atoms with Crippen LogP contribution in [0.15, 0.2) is 29.2 Å². The Labute approximate surface area is 119 Å². The Kier molecular flexibility index (Phi) is 4.15. The van der Waals surface area contributed by atoms with Crippen LogP contribution in [-0.2, 0) is 14.6 Å². The first-order valence-electron chi connectivity index (χ1n) is 6.53. The molecule has 0 radical (unpaired) electrons. The zero-order chi connectivity index (χ0) is 14.9. The molecular weight excluding hydrogens is 278 g/mol. The summed E-state index contributed by atoms with van der Waals surface area (Å²) in [6.45, 7) is 4.75. The van der Waals surface area contributed by atoms with E-state index in [0.29, 0.717) is 13.1 Å². The first-order valence-corrected chi connectivity index (χ1v) is 8.42. The highest BCUT2D eigenvalue weighted by Gasteiger charge is 2.29. The molecule has 1 amide bonds. The van der Waals surface area contributed by atoms with Gasteiger partial charge in [-0.2, -0.15) is 0 Å². The normalized spacial score (nSPS) is 23.6. The standard InChI is InChI=1S/C14H19NO4S/c1-10-8-15(9-11(2)19-10)14(16)12-6-4-5-7-13(12)20(3,17)18/h4-7,10-11H,8-9H2,1-3H3. The van der Waals surface area contributed by atoms with E-state index in [9.17, 15) is 13.2 Å². The van der Waals surface area contributed by atoms with Crippen LogP contribution in [0.2, 0.25) is 0 Å². The molecule has 1 aromatic carbocycles. The van der Waals surface area contributed by atoms with Crippen molar-refractivity contribution in [3.63, 3.8) is 0 Å². The van der Waals surface area contributed by atoms with Crippen LogP contribution in [0.25, 0.3) is 0 Å². The van der Waals surface area contributed by atoms with Gasteiger partial charge in [-0.1, -0.05) is 12.1 Å². The Balaban J connectivity index is 2.35. The Morgan fingerprint density at radius 2 is 1.75 bits per heavy atom. The van der Waals surface area contributed by atoms with Crippen molar-refractivity contribution < 1.29 is 17.9 Å². The largest absolute Gasteiger partial charge is 0.372 e. The molecular formula is C14H19NO4S. The quantitative estimate of drug-likeness (QED) is 0.826. The zero-order valence-corrected chi connectivity index (χ0v) is 12.7. The summed E-state index contributed by atoms with van der Waals surface area (Å²) in [5.74, 6) is -0.256. The maximum atomic E-state index is 12.6. The van der Waals surface area contributed by atoms with Crippen LogP contribution in [-0.4, -0.2) is 50.8 Å². The summed E-state index contributed by atoms with van der Waals surface area (Å²) < 4.78 is 29.1. The summed E-state index contributed by atoms with van der Waals surface area (Å²) in [5.41, 5.74) is 0.233. The van der Waals surface area contributed by atoms with Gasteiger partial charge in [0, 0.05) is 19.3 Å². The van der Waals surface area contributed by atoms with Crippen molar-refractivity contribution >= 4 is 15.7 Å². The van der Waals surface area contributed by atoms with Crippen molar-refractivity contribution in [2.24, 2.45) is 0 Å². The van der Waals surface area contributed by atoms with E-state index < -0.39 is 9.84 Å². The molecule has 2 unspecified atom stereocenters. The third-order valence-corrected chi connectivity index (χ3v) is 4.38. The third-order valence-electron chi connectivity index (χ3n) is 3.22. The molecule has 1 saturated heterocycles. The number of carbonyl (C=O) groups is 1. The third kappa shape index (κ3) is 3.19. The molecule has 2 atom stereocenters. The Hall–Kier alpha value is -1.40. The van der Waals surface area contributed by atoms with Crippen molar-refractivity contribution in [1.82, 2.24) is 4.90 Å². The maximum Gasteiger partial charge on any atom is 0.255 e. The average molecular weight is 297 g/mol. The lowest BCUT2D eigenvalue weighted by Crippen LogP contribution is -2.48. The second-order valence-corrected chi connectivity index (χ2v) is 7.22. The van der Waals surface area contributed by atoms with Gasteiger partial charge < -0.3 is 9.64 Å². The number of ether oxygens (including phenoxy) is 1. The fourth-order valence-corrected chi connectivity index (χ4v) is 3.36. The number of rotatable bonds is 2. The van der Waals surface area contributed by atoms with Crippen LogP contribution in [0.1, 0.15) is 24.2 Å². The molecule has 5 nitrogen and oxygen atoms in total. The van der Waals surface area contributed by atoms with Crippen molar-refractivity contribution in [3.8, 4) is 0 Å². The van der Waals surface area contributed by atoms with Crippen LogP contribution in [0.3, 0.4) is 0 Å². The Morgan fingerprint density at radius 1 is 1.20 bits per heavy atom. The van der Waals surface area contributed by atoms with Crippen LogP contribution >= 0.6 is 0 Å². The van der Waals surface area contributed by atoms with Crippen LogP contribution in [0, 0.1) is 0 Å². The Bertz CT molecular complexity index is 601. The zero-order valence-electron chi connectivity index (χ0n) is 11.9. The van der Waals surface area contributed by atoms with Gasteiger partial charge in [0.15, 0.2) is 9.84 Å². The average Bonchev–Trinajstić information content (AvgIpc) is 2.35.